The fraction of sp³-hybridized carbons (Fsp3) is 0.500. The van der Waals surface area contributed by atoms with Crippen LogP contribution in [-0.4, -0.2) is 54.6 Å². The van der Waals surface area contributed by atoms with Gasteiger partial charge in [-0.3, -0.25) is 5.10 Å². The summed E-state index contributed by atoms with van der Waals surface area (Å²) in [6, 6.07) is 7.92. The first-order chi connectivity index (χ1) is 12.8. The van der Waals surface area contributed by atoms with Gasteiger partial charge in [-0.15, -0.1) is 24.0 Å². The van der Waals surface area contributed by atoms with E-state index in [0.29, 0.717) is 6.54 Å². The highest BCUT2D eigenvalue weighted by molar-refractivity contribution is 14.0. The van der Waals surface area contributed by atoms with Crippen LogP contribution in [0.5, 0.6) is 5.75 Å². The number of ether oxygens (including phenoxy) is 2. The Kier molecular flexibility index (Phi) is 12.2. The molecule has 8 nitrogen and oxygen atoms in total. The zero-order chi connectivity index (χ0) is 18.5. The number of guanidine groups is 1. The third kappa shape index (κ3) is 9.57. The van der Waals surface area contributed by atoms with Crippen molar-refractivity contribution in [3.63, 3.8) is 0 Å². The fourth-order valence-electron chi connectivity index (χ4n) is 2.25. The van der Waals surface area contributed by atoms with E-state index < -0.39 is 0 Å². The number of benzene rings is 1. The first kappa shape index (κ1) is 23.2. The monoisotopic (exact) mass is 488 g/mol. The van der Waals surface area contributed by atoms with Crippen LogP contribution in [-0.2, 0) is 17.7 Å². The lowest BCUT2D eigenvalue weighted by Crippen LogP contribution is -2.39. The van der Waals surface area contributed by atoms with Crippen LogP contribution in [0.25, 0.3) is 0 Å². The maximum Gasteiger partial charge on any atom is 0.191 e. The second kappa shape index (κ2) is 14.2. The number of nitrogens with one attached hydrogen (secondary N) is 3. The standard InChI is InChI=1S/C18H28N6O2.HI/c1-3-26-12-4-10-19-18(20-11-9-17-22-14-23-24-17)21-13-15-5-7-16(25-2)8-6-15;/h5-8,14H,3-4,9-13H2,1-2H3,(H2,19,20,21)(H,22,23,24);1H. The van der Waals surface area contributed by atoms with Gasteiger partial charge in [0.15, 0.2) is 5.96 Å². The minimum absolute atomic E-state index is 0. The minimum Gasteiger partial charge on any atom is -0.497 e. The molecule has 0 aliphatic rings. The highest BCUT2D eigenvalue weighted by Crippen LogP contribution is 2.11. The number of methoxy groups -OCH3 is 1. The lowest BCUT2D eigenvalue weighted by molar-refractivity contribution is 0.145. The molecule has 3 N–H and O–H groups in total. The zero-order valence-electron chi connectivity index (χ0n) is 15.9. The molecule has 2 aromatic rings. The highest BCUT2D eigenvalue weighted by atomic mass is 127. The Balaban J connectivity index is 0.00000364. The van der Waals surface area contributed by atoms with Gasteiger partial charge in [0.2, 0.25) is 0 Å². The summed E-state index contributed by atoms with van der Waals surface area (Å²) < 4.78 is 10.5. The van der Waals surface area contributed by atoms with Gasteiger partial charge in [-0.1, -0.05) is 12.1 Å². The van der Waals surface area contributed by atoms with Crippen molar-refractivity contribution in [2.75, 3.05) is 33.4 Å². The summed E-state index contributed by atoms with van der Waals surface area (Å²) in [5.74, 6) is 2.47. The third-order valence-corrected chi connectivity index (χ3v) is 3.66. The van der Waals surface area contributed by atoms with E-state index in [1.807, 2.05) is 31.2 Å². The number of nitrogens with zero attached hydrogens (tertiary/aromatic N) is 3. The van der Waals surface area contributed by atoms with Crippen LogP contribution in [0.3, 0.4) is 0 Å². The Hall–Kier alpha value is -1.88. The molecule has 0 amide bonds. The first-order valence-corrected chi connectivity index (χ1v) is 8.89. The molecular formula is C18H29IN6O2. The van der Waals surface area contributed by atoms with Crippen molar-refractivity contribution < 1.29 is 9.47 Å². The van der Waals surface area contributed by atoms with Gasteiger partial charge in [0.05, 0.1) is 13.7 Å². The predicted molar refractivity (Wildman–Crippen MR) is 117 cm³/mol. The van der Waals surface area contributed by atoms with Crippen LogP contribution >= 0.6 is 24.0 Å². The molecule has 0 saturated heterocycles. The van der Waals surface area contributed by atoms with Crippen LogP contribution < -0.4 is 15.4 Å². The van der Waals surface area contributed by atoms with Crippen molar-refractivity contribution in [3.05, 3.63) is 42.0 Å². The van der Waals surface area contributed by atoms with E-state index in [2.05, 4.69) is 30.8 Å². The summed E-state index contributed by atoms with van der Waals surface area (Å²) >= 11 is 0. The van der Waals surface area contributed by atoms with Gasteiger partial charge in [0, 0.05) is 32.7 Å². The number of hydrogen-bond acceptors (Lipinski definition) is 5. The molecule has 1 heterocycles. The summed E-state index contributed by atoms with van der Waals surface area (Å²) in [4.78, 5) is 8.78. The lowest BCUT2D eigenvalue weighted by Gasteiger charge is -2.12. The molecule has 2 rings (SSSR count). The lowest BCUT2D eigenvalue weighted by atomic mass is 10.2. The summed E-state index contributed by atoms with van der Waals surface area (Å²) in [5.41, 5.74) is 1.12. The normalized spacial score (nSPS) is 11.0. The van der Waals surface area contributed by atoms with E-state index >= 15 is 0 Å². The van der Waals surface area contributed by atoms with Gasteiger partial charge in [-0.25, -0.2) is 9.98 Å². The molecule has 0 bridgehead atoms. The molecule has 1 aromatic carbocycles. The van der Waals surface area contributed by atoms with E-state index in [1.165, 1.54) is 6.33 Å². The molecule has 0 atom stereocenters. The van der Waals surface area contributed by atoms with Gasteiger partial charge < -0.3 is 20.1 Å². The van der Waals surface area contributed by atoms with Crippen molar-refractivity contribution in [3.8, 4) is 5.75 Å². The zero-order valence-corrected chi connectivity index (χ0v) is 18.2. The molecular weight excluding hydrogens is 459 g/mol. The highest BCUT2D eigenvalue weighted by Gasteiger charge is 2.01. The molecule has 27 heavy (non-hydrogen) atoms. The SMILES string of the molecule is CCOCCCNC(=NCc1ccc(OC)cc1)NCCc1ncn[nH]1.I. The van der Waals surface area contributed by atoms with Crippen molar-refractivity contribution >= 4 is 29.9 Å². The average molecular weight is 488 g/mol. The Morgan fingerprint density at radius 3 is 2.63 bits per heavy atom. The molecule has 0 spiro atoms. The Bertz CT molecular complexity index is 634. The number of aromatic amines is 1. The fourth-order valence-corrected chi connectivity index (χ4v) is 2.25. The topological polar surface area (TPSA) is 96.4 Å². The van der Waals surface area contributed by atoms with Crippen molar-refractivity contribution in [1.82, 2.24) is 25.8 Å². The van der Waals surface area contributed by atoms with Crippen molar-refractivity contribution in [2.24, 2.45) is 4.99 Å². The Morgan fingerprint density at radius 1 is 1.19 bits per heavy atom. The van der Waals surface area contributed by atoms with Crippen LogP contribution in [0.1, 0.15) is 24.7 Å². The molecule has 0 saturated carbocycles. The first-order valence-electron chi connectivity index (χ1n) is 8.89. The van der Waals surface area contributed by atoms with E-state index in [4.69, 9.17) is 9.47 Å². The smallest absolute Gasteiger partial charge is 0.191 e. The molecule has 0 radical (unpaired) electrons. The number of rotatable bonds is 11. The largest absolute Gasteiger partial charge is 0.497 e. The summed E-state index contributed by atoms with van der Waals surface area (Å²) in [6.07, 6.45) is 3.20. The number of halogens is 1. The van der Waals surface area contributed by atoms with E-state index in [-0.39, 0.29) is 24.0 Å². The quantitative estimate of drug-likeness (QED) is 0.194. The van der Waals surface area contributed by atoms with Gasteiger partial charge in [-0.2, -0.15) is 5.10 Å². The van der Waals surface area contributed by atoms with Crippen LogP contribution in [0.4, 0.5) is 0 Å². The predicted octanol–water partition coefficient (Wildman–Crippen LogP) is 2.14. The average Bonchev–Trinajstić information content (AvgIpc) is 3.19. The molecule has 9 heteroatoms. The number of H-pyrrole nitrogens is 1. The molecule has 0 aliphatic heterocycles. The number of hydrogen-bond donors (Lipinski definition) is 3. The van der Waals surface area contributed by atoms with Gasteiger partial charge in [-0.05, 0) is 31.0 Å². The Labute approximate surface area is 177 Å². The van der Waals surface area contributed by atoms with Crippen molar-refractivity contribution in [2.45, 2.75) is 26.3 Å². The van der Waals surface area contributed by atoms with Crippen LogP contribution in [0.15, 0.2) is 35.6 Å². The summed E-state index contributed by atoms with van der Waals surface area (Å²) in [5, 5.41) is 13.4. The van der Waals surface area contributed by atoms with Crippen LogP contribution in [0, 0.1) is 0 Å². The molecule has 150 valence electrons. The molecule has 1 aromatic heterocycles. The van der Waals surface area contributed by atoms with E-state index in [9.17, 15) is 0 Å². The molecule has 0 unspecified atom stereocenters. The second-order valence-electron chi connectivity index (χ2n) is 5.60. The molecule has 0 fully saturated rings. The van der Waals surface area contributed by atoms with E-state index in [1.54, 1.807) is 7.11 Å². The van der Waals surface area contributed by atoms with Crippen molar-refractivity contribution in [1.29, 1.82) is 0 Å². The Morgan fingerprint density at radius 2 is 1.96 bits per heavy atom. The number of aliphatic imine (C=N–C) groups is 1. The maximum absolute atomic E-state index is 5.37. The third-order valence-electron chi connectivity index (χ3n) is 3.66. The van der Waals surface area contributed by atoms with Crippen LogP contribution in [0.2, 0.25) is 0 Å². The number of aromatic nitrogens is 3. The second-order valence-corrected chi connectivity index (χ2v) is 5.60. The minimum atomic E-state index is 0. The van der Waals surface area contributed by atoms with Gasteiger partial charge >= 0.3 is 0 Å². The van der Waals surface area contributed by atoms with Gasteiger partial charge in [0.1, 0.15) is 17.9 Å². The summed E-state index contributed by atoms with van der Waals surface area (Å²) in [6.45, 7) is 5.60. The van der Waals surface area contributed by atoms with E-state index in [0.717, 1.165) is 62.2 Å². The summed E-state index contributed by atoms with van der Waals surface area (Å²) in [7, 11) is 1.66. The maximum atomic E-state index is 5.37. The molecule has 0 aliphatic carbocycles. The van der Waals surface area contributed by atoms with Gasteiger partial charge in [0.25, 0.3) is 0 Å².